The van der Waals surface area contributed by atoms with Crippen LogP contribution in [0.1, 0.15) is 33.6 Å². The minimum Gasteiger partial charge on any atom is -0.383 e. The average molecular weight is 375 g/mol. The Kier molecular flexibility index (Phi) is 4.89. The van der Waals surface area contributed by atoms with Gasteiger partial charge in [-0.1, -0.05) is 18.2 Å². The Morgan fingerprint density at radius 1 is 1.07 bits per heavy atom. The van der Waals surface area contributed by atoms with Crippen molar-refractivity contribution >= 4 is 17.5 Å². The number of benzene rings is 1. The Labute approximate surface area is 162 Å². The molecule has 4 rings (SSSR count). The number of rotatable bonds is 4. The van der Waals surface area contributed by atoms with Crippen molar-refractivity contribution in [2.75, 3.05) is 18.8 Å². The predicted molar refractivity (Wildman–Crippen MR) is 105 cm³/mol. The van der Waals surface area contributed by atoms with Crippen LogP contribution in [-0.2, 0) is 0 Å². The van der Waals surface area contributed by atoms with Gasteiger partial charge in [-0.15, -0.1) is 0 Å². The van der Waals surface area contributed by atoms with E-state index in [2.05, 4.69) is 10.1 Å². The number of likely N-dealkylation sites (tertiary alicyclic amines) is 1. The van der Waals surface area contributed by atoms with Crippen LogP contribution in [0.4, 0.5) is 5.82 Å². The molecule has 3 heterocycles. The van der Waals surface area contributed by atoms with Crippen LogP contribution in [0.5, 0.6) is 0 Å². The number of para-hydroxylation sites is 1. The Morgan fingerprint density at radius 2 is 1.89 bits per heavy atom. The zero-order chi connectivity index (χ0) is 19.5. The highest BCUT2D eigenvalue weighted by molar-refractivity contribution is 6.02. The van der Waals surface area contributed by atoms with Crippen LogP contribution < -0.4 is 5.73 Å². The number of nitrogen functional groups attached to an aromatic ring is 1. The highest BCUT2D eigenvalue weighted by Gasteiger charge is 2.31. The van der Waals surface area contributed by atoms with E-state index in [-0.39, 0.29) is 17.6 Å². The molecule has 1 fully saturated rings. The fourth-order valence-electron chi connectivity index (χ4n) is 3.59. The number of piperidine rings is 1. The second-order valence-electron chi connectivity index (χ2n) is 6.89. The number of amides is 1. The number of carbonyl (C=O) groups excluding carboxylic acids is 2. The largest absolute Gasteiger partial charge is 0.383 e. The van der Waals surface area contributed by atoms with Gasteiger partial charge in [0.2, 0.25) is 0 Å². The summed E-state index contributed by atoms with van der Waals surface area (Å²) in [6.45, 7) is 1.01. The fourth-order valence-corrected chi connectivity index (χ4v) is 3.59. The van der Waals surface area contributed by atoms with Crippen molar-refractivity contribution in [3.63, 3.8) is 0 Å². The van der Waals surface area contributed by atoms with Crippen LogP contribution in [-0.4, -0.2) is 44.4 Å². The maximum absolute atomic E-state index is 13.1. The van der Waals surface area contributed by atoms with Gasteiger partial charge in [-0.3, -0.25) is 14.6 Å². The van der Waals surface area contributed by atoms with Crippen molar-refractivity contribution in [1.29, 1.82) is 0 Å². The molecule has 2 N–H and O–H groups in total. The van der Waals surface area contributed by atoms with Gasteiger partial charge in [-0.2, -0.15) is 5.10 Å². The van der Waals surface area contributed by atoms with E-state index in [0.29, 0.717) is 30.0 Å². The van der Waals surface area contributed by atoms with Crippen molar-refractivity contribution in [2.45, 2.75) is 12.8 Å². The molecule has 1 amide bonds. The lowest BCUT2D eigenvalue weighted by Gasteiger charge is -2.32. The maximum Gasteiger partial charge on any atom is 0.255 e. The topological polar surface area (TPSA) is 94.1 Å². The predicted octanol–water partition coefficient (Wildman–Crippen LogP) is 2.58. The van der Waals surface area contributed by atoms with Crippen LogP contribution in [0.2, 0.25) is 0 Å². The number of pyridine rings is 1. The normalized spacial score (nSPS) is 16.7. The molecule has 28 heavy (non-hydrogen) atoms. The standard InChI is InChI=1S/C21H21N5O2/c22-20-18(13-24-26(20)17-8-2-1-3-9-17)19(27)16-7-5-11-25(14-16)21(28)15-6-4-10-23-12-15/h1-4,6,8-10,12-13,16H,5,7,11,14,22H2/t16-/m0/s1. The van der Waals surface area contributed by atoms with E-state index in [1.165, 1.54) is 6.20 Å². The van der Waals surface area contributed by atoms with Crippen LogP contribution >= 0.6 is 0 Å². The molecule has 0 radical (unpaired) electrons. The molecule has 1 aliphatic rings. The lowest BCUT2D eigenvalue weighted by atomic mass is 9.90. The second-order valence-corrected chi connectivity index (χ2v) is 6.89. The monoisotopic (exact) mass is 375 g/mol. The second kappa shape index (κ2) is 7.64. The van der Waals surface area contributed by atoms with Crippen molar-refractivity contribution in [1.82, 2.24) is 19.7 Å². The third-order valence-corrected chi connectivity index (χ3v) is 5.06. The number of hydrogen-bond donors (Lipinski definition) is 1. The smallest absolute Gasteiger partial charge is 0.255 e. The van der Waals surface area contributed by atoms with Gasteiger partial charge in [0.25, 0.3) is 5.91 Å². The molecule has 1 aromatic carbocycles. The Bertz CT molecular complexity index is 985. The molecule has 2 aromatic heterocycles. The van der Waals surface area contributed by atoms with Crippen LogP contribution in [0.15, 0.2) is 61.1 Å². The van der Waals surface area contributed by atoms with E-state index in [0.717, 1.165) is 18.5 Å². The minimum absolute atomic E-state index is 0.0663. The quantitative estimate of drug-likeness (QED) is 0.708. The summed E-state index contributed by atoms with van der Waals surface area (Å²) in [6.07, 6.45) is 6.20. The van der Waals surface area contributed by atoms with Crippen LogP contribution in [0.25, 0.3) is 5.69 Å². The van der Waals surface area contributed by atoms with Gasteiger partial charge in [0.15, 0.2) is 5.78 Å². The molecule has 0 aliphatic carbocycles. The summed E-state index contributed by atoms with van der Waals surface area (Å²) >= 11 is 0. The van der Waals surface area contributed by atoms with Gasteiger partial charge in [-0.05, 0) is 37.1 Å². The summed E-state index contributed by atoms with van der Waals surface area (Å²) in [5, 5.41) is 4.29. The third-order valence-electron chi connectivity index (χ3n) is 5.06. The maximum atomic E-state index is 13.1. The summed E-state index contributed by atoms with van der Waals surface area (Å²) in [4.78, 5) is 31.5. The number of anilines is 1. The lowest BCUT2D eigenvalue weighted by Crippen LogP contribution is -2.42. The van der Waals surface area contributed by atoms with E-state index in [1.807, 2.05) is 30.3 Å². The van der Waals surface area contributed by atoms with E-state index in [9.17, 15) is 9.59 Å². The molecular weight excluding hydrogens is 354 g/mol. The van der Waals surface area contributed by atoms with Gasteiger partial charge >= 0.3 is 0 Å². The first-order chi connectivity index (χ1) is 13.6. The number of Topliss-reactive ketones (excluding diaryl/α,β-unsaturated/α-hetero) is 1. The zero-order valence-corrected chi connectivity index (χ0v) is 15.4. The Balaban J connectivity index is 1.52. The third kappa shape index (κ3) is 3.38. The number of ketones is 1. The van der Waals surface area contributed by atoms with Crippen molar-refractivity contribution in [3.05, 3.63) is 72.2 Å². The molecule has 1 saturated heterocycles. The number of aromatic nitrogens is 3. The highest BCUT2D eigenvalue weighted by Crippen LogP contribution is 2.26. The first kappa shape index (κ1) is 17.9. The van der Waals surface area contributed by atoms with E-state index in [4.69, 9.17) is 5.73 Å². The van der Waals surface area contributed by atoms with Crippen molar-refractivity contribution < 1.29 is 9.59 Å². The Morgan fingerprint density at radius 3 is 2.64 bits per heavy atom. The van der Waals surface area contributed by atoms with Crippen LogP contribution in [0.3, 0.4) is 0 Å². The van der Waals surface area contributed by atoms with Gasteiger partial charge < -0.3 is 10.6 Å². The number of hydrogen-bond acceptors (Lipinski definition) is 5. The van der Waals surface area contributed by atoms with Gasteiger partial charge in [0.1, 0.15) is 5.82 Å². The summed E-state index contributed by atoms with van der Waals surface area (Å²) in [5.74, 6) is -0.126. The molecule has 0 unspecified atom stereocenters. The molecule has 0 saturated carbocycles. The molecular formula is C21H21N5O2. The Hall–Kier alpha value is -3.48. The number of carbonyl (C=O) groups is 2. The van der Waals surface area contributed by atoms with Gasteiger partial charge in [0, 0.05) is 31.4 Å². The first-order valence-electron chi connectivity index (χ1n) is 9.27. The number of nitrogens with two attached hydrogens (primary N) is 1. The molecule has 0 bridgehead atoms. The van der Waals surface area contributed by atoms with Crippen LogP contribution in [0, 0.1) is 5.92 Å². The lowest BCUT2D eigenvalue weighted by molar-refractivity contribution is 0.0637. The zero-order valence-electron chi connectivity index (χ0n) is 15.4. The van der Waals surface area contributed by atoms with E-state index < -0.39 is 0 Å². The van der Waals surface area contributed by atoms with E-state index in [1.54, 1.807) is 34.1 Å². The highest BCUT2D eigenvalue weighted by atomic mass is 16.2. The molecule has 1 atom stereocenters. The van der Waals surface area contributed by atoms with Crippen molar-refractivity contribution in [2.24, 2.45) is 5.92 Å². The fraction of sp³-hybridized carbons (Fsp3) is 0.238. The molecule has 1 aliphatic heterocycles. The molecule has 7 nitrogen and oxygen atoms in total. The minimum atomic E-state index is -0.287. The summed E-state index contributed by atoms with van der Waals surface area (Å²) < 4.78 is 1.56. The molecule has 3 aromatic rings. The average Bonchev–Trinajstić information content (AvgIpc) is 3.15. The van der Waals surface area contributed by atoms with Gasteiger partial charge in [-0.25, -0.2) is 4.68 Å². The summed E-state index contributed by atoms with van der Waals surface area (Å²) in [7, 11) is 0. The molecule has 142 valence electrons. The van der Waals surface area contributed by atoms with E-state index >= 15 is 0 Å². The molecule has 7 heteroatoms. The van der Waals surface area contributed by atoms with Gasteiger partial charge in [0.05, 0.1) is 23.0 Å². The molecule has 0 spiro atoms. The SMILES string of the molecule is Nc1c(C(=O)[C@H]2CCCN(C(=O)c3cccnc3)C2)cnn1-c1ccccc1. The van der Waals surface area contributed by atoms with Crippen molar-refractivity contribution in [3.8, 4) is 5.69 Å². The number of nitrogens with zero attached hydrogens (tertiary/aromatic N) is 4. The first-order valence-corrected chi connectivity index (χ1v) is 9.27. The summed E-state index contributed by atoms with van der Waals surface area (Å²) in [6, 6.07) is 12.9. The summed E-state index contributed by atoms with van der Waals surface area (Å²) in [5.41, 5.74) is 7.96.